The van der Waals surface area contributed by atoms with Crippen LogP contribution in [0.1, 0.15) is 13.8 Å². The Morgan fingerprint density at radius 3 is 2.80 bits per heavy atom. The Morgan fingerprint density at radius 1 is 1.47 bits per heavy atom. The van der Waals surface area contributed by atoms with E-state index in [0.29, 0.717) is 12.6 Å². The molecule has 86 valence electrons. The van der Waals surface area contributed by atoms with Crippen LogP contribution in [0.15, 0.2) is 0 Å². The quantitative estimate of drug-likeness (QED) is 0.486. The van der Waals surface area contributed by atoms with Crippen LogP contribution in [-0.4, -0.2) is 48.9 Å². The summed E-state index contributed by atoms with van der Waals surface area (Å²) in [6, 6.07) is 0.410. The third-order valence-corrected chi connectivity index (χ3v) is 2.20. The monoisotopic (exact) mass is 214 g/mol. The molecule has 6 nitrogen and oxygen atoms in total. The van der Waals surface area contributed by atoms with E-state index in [4.69, 9.17) is 0 Å². The molecule has 0 radical (unpaired) electrons. The first kappa shape index (κ1) is 11.9. The van der Waals surface area contributed by atoms with Crippen LogP contribution in [0.5, 0.6) is 0 Å². The number of amides is 2. The summed E-state index contributed by atoms with van der Waals surface area (Å²) in [5.41, 5.74) is 4.61. The summed E-state index contributed by atoms with van der Waals surface area (Å²) in [5, 5.41) is 3.29. The number of nitrogens with one attached hydrogen (secondary N) is 3. The van der Waals surface area contributed by atoms with Gasteiger partial charge in [0.1, 0.15) is 0 Å². The van der Waals surface area contributed by atoms with Crippen LogP contribution in [0, 0.1) is 0 Å². The van der Waals surface area contributed by atoms with Gasteiger partial charge in [0.25, 0.3) is 5.91 Å². The number of piperazine rings is 1. The molecule has 0 aromatic heterocycles. The molecule has 0 spiro atoms. The molecule has 0 aliphatic carbocycles. The smallest absolute Gasteiger partial charge is 0.252 e. The van der Waals surface area contributed by atoms with Crippen LogP contribution in [0.25, 0.3) is 0 Å². The Labute approximate surface area is 89.4 Å². The predicted molar refractivity (Wildman–Crippen MR) is 55.9 cm³/mol. The van der Waals surface area contributed by atoms with Crippen molar-refractivity contribution in [1.82, 2.24) is 21.1 Å². The second kappa shape index (κ2) is 5.67. The topological polar surface area (TPSA) is 73.5 Å². The van der Waals surface area contributed by atoms with Gasteiger partial charge in [-0.05, 0) is 6.92 Å². The van der Waals surface area contributed by atoms with Gasteiger partial charge in [-0.2, -0.15) is 0 Å². The Bertz CT molecular complexity index is 244. The van der Waals surface area contributed by atoms with Crippen molar-refractivity contribution in [3.8, 4) is 0 Å². The molecule has 0 aromatic carbocycles. The first-order valence-corrected chi connectivity index (χ1v) is 5.09. The zero-order valence-electron chi connectivity index (χ0n) is 9.17. The molecule has 1 aliphatic rings. The lowest BCUT2D eigenvalue weighted by Gasteiger charge is -2.31. The Hall–Kier alpha value is -1.14. The summed E-state index contributed by atoms with van der Waals surface area (Å²) in [6.45, 7) is 6.37. The molecule has 6 heteroatoms. The summed E-state index contributed by atoms with van der Waals surface area (Å²) >= 11 is 0. The summed E-state index contributed by atoms with van der Waals surface area (Å²) in [5.74, 6) is -0.448. The normalized spacial score (nSPS) is 22.1. The molecule has 3 N–H and O–H groups in total. The third kappa shape index (κ3) is 4.75. The van der Waals surface area contributed by atoms with E-state index >= 15 is 0 Å². The summed E-state index contributed by atoms with van der Waals surface area (Å²) in [4.78, 5) is 23.9. The molecule has 1 heterocycles. The number of nitrogens with zero attached hydrogens (tertiary/aromatic N) is 1. The fourth-order valence-corrected chi connectivity index (χ4v) is 1.56. The number of hydrazine groups is 1. The van der Waals surface area contributed by atoms with Crippen molar-refractivity contribution in [1.29, 1.82) is 0 Å². The van der Waals surface area contributed by atoms with Gasteiger partial charge in [0.05, 0.1) is 6.54 Å². The molecule has 0 saturated carbocycles. The van der Waals surface area contributed by atoms with Gasteiger partial charge in [0.15, 0.2) is 0 Å². The first-order chi connectivity index (χ1) is 7.08. The third-order valence-electron chi connectivity index (χ3n) is 2.20. The predicted octanol–water partition coefficient (Wildman–Crippen LogP) is -1.55. The molecule has 15 heavy (non-hydrogen) atoms. The Kier molecular flexibility index (Phi) is 4.51. The molecule has 1 rings (SSSR count). The van der Waals surface area contributed by atoms with Crippen molar-refractivity contribution < 1.29 is 9.59 Å². The lowest BCUT2D eigenvalue weighted by atomic mass is 10.2. The zero-order valence-corrected chi connectivity index (χ0v) is 9.17. The van der Waals surface area contributed by atoms with Gasteiger partial charge in [-0.15, -0.1) is 0 Å². The highest BCUT2D eigenvalue weighted by molar-refractivity contribution is 5.81. The van der Waals surface area contributed by atoms with Crippen LogP contribution in [0.4, 0.5) is 0 Å². The molecule has 2 amide bonds. The Morgan fingerprint density at radius 2 is 2.20 bits per heavy atom. The van der Waals surface area contributed by atoms with Crippen LogP contribution in [-0.2, 0) is 9.59 Å². The van der Waals surface area contributed by atoms with Gasteiger partial charge in [-0.3, -0.25) is 25.3 Å². The van der Waals surface area contributed by atoms with Crippen molar-refractivity contribution in [3.05, 3.63) is 0 Å². The van der Waals surface area contributed by atoms with E-state index in [1.165, 1.54) is 6.92 Å². The van der Waals surface area contributed by atoms with Crippen LogP contribution < -0.4 is 16.2 Å². The van der Waals surface area contributed by atoms with Crippen LogP contribution in [0.3, 0.4) is 0 Å². The van der Waals surface area contributed by atoms with Crippen LogP contribution >= 0.6 is 0 Å². The number of carbonyl (C=O) groups is 2. The summed E-state index contributed by atoms with van der Waals surface area (Å²) in [6.07, 6.45) is 0. The minimum atomic E-state index is -0.267. The minimum absolute atomic E-state index is 0.181. The average molecular weight is 214 g/mol. The summed E-state index contributed by atoms with van der Waals surface area (Å²) < 4.78 is 0. The van der Waals surface area contributed by atoms with Gasteiger partial charge in [-0.1, -0.05) is 0 Å². The number of hydrogen-bond acceptors (Lipinski definition) is 4. The molecule has 1 fully saturated rings. The van der Waals surface area contributed by atoms with E-state index in [2.05, 4.69) is 28.0 Å². The van der Waals surface area contributed by atoms with Crippen LogP contribution in [0.2, 0.25) is 0 Å². The number of carbonyl (C=O) groups excluding carboxylic acids is 2. The van der Waals surface area contributed by atoms with Crippen molar-refractivity contribution in [2.24, 2.45) is 0 Å². The van der Waals surface area contributed by atoms with Gasteiger partial charge in [-0.25, -0.2) is 0 Å². The highest BCUT2D eigenvalue weighted by Crippen LogP contribution is 1.96. The molecular weight excluding hydrogens is 196 g/mol. The standard InChI is InChI=1S/C9H18N4O2/c1-7-5-13(4-3-10-7)6-9(15)12-11-8(2)14/h7,10H,3-6H2,1-2H3,(H,11,14)(H,12,15). The van der Waals surface area contributed by atoms with Crippen molar-refractivity contribution in [3.63, 3.8) is 0 Å². The van der Waals surface area contributed by atoms with Crippen molar-refractivity contribution in [2.45, 2.75) is 19.9 Å². The largest absolute Gasteiger partial charge is 0.312 e. The maximum atomic E-state index is 11.3. The highest BCUT2D eigenvalue weighted by Gasteiger charge is 2.17. The van der Waals surface area contributed by atoms with E-state index in [9.17, 15) is 9.59 Å². The van der Waals surface area contributed by atoms with E-state index in [-0.39, 0.29) is 11.8 Å². The number of rotatable bonds is 2. The lowest BCUT2D eigenvalue weighted by molar-refractivity contribution is -0.128. The van der Waals surface area contributed by atoms with Crippen molar-refractivity contribution in [2.75, 3.05) is 26.2 Å². The summed E-state index contributed by atoms with van der Waals surface area (Å²) in [7, 11) is 0. The second-order valence-corrected chi connectivity index (χ2v) is 3.82. The van der Waals surface area contributed by atoms with Gasteiger partial charge >= 0.3 is 0 Å². The highest BCUT2D eigenvalue weighted by atomic mass is 16.2. The molecule has 1 atom stereocenters. The fourth-order valence-electron chi connectivity index (χ4n) is 1.56. The SMILES string of the molecule is CC(=O)NNC(=O)CN1CCNC(C)C1. The van der Waals surface area contributed by atoms with Gasteiger partial charge < -0.3 is 5.32 Å². The Balaban J connectivity index is 2.22. The van der Waals surface area contributed by atoms with E-state index in [0.717, 1.165) is 19.6 Å². The maximum Gasteiger partial charge on any atom is 0.252 e. The first-order valence-electron chi connectivity index (χ1n) is 5.09. The zero-order chi connectivity index (χ0) is 11.3. The number of hydrogen-bond donors (Lipinski definition) is 3. The lowest BCUT2D eigenvalue weighted by Crippen LogP contribution is -2.53. The maximum absolute atomic E-state index is 11.3. The van der Waals surface area contributed by atoms with Crippen molar-refractivity contribution >= 4 is 11.8 Å². The van der Waals surface area contributed by atoms with E-state index in [1.807, 2.05) is 0 Å². The average Bonchev–Trinajstić information content (AvgIpc) is 2.15. The van der Waals surface area contributed by atoms with Gasteiger partial charge in [0, 0.05) is 32.6 Å². The van der Waals surface area contributed by atoms with E-state index in [1.54, 1.807) is 0 Å². The second-order valence-electron chi connectivity index (χ2n) is 3.82. The van der Waals surface area contributed by atoms with Gasteiger partial charge in [0.2, 0.25) is 5.91 Å². The van der Waals surface area contributed by atoms with E-state index < -0.39 is 0 Å². The molecule has 1 saturated heterocycles. The molecular formula is C9H18N4O2. The fraction of sp³-hybridized carbons (Fsp3) is 0.778. The molecule has 1 unspecified atom stereocenters. The molecule has 0 bridgehead atoms. The molecule has 1 aliphatic heterocycles. The minimum Gasteiger partial charge on any atom is -0.312 e. The molecule has 0 aromatic rings.